The van der Waals surface area contributed by atoms with Gasteiger partial charge >= 0.3 is 0 Å². The normalized spacial score (nSPS) is 15.6. The van der Waals surface area contributed by atoms with Crippen molar-refractivity contribution < 1.29 is 9.59 Å². The van der Waals surface area contributed by atoms with Gasteiger partial charge in [0.2, 0.25) is 5.91 Å². The van der Waals surface area contributed by atoms with E-state index < -0.39 is 5.91 Å². The summed E-state index contributed by atoms with van der Waals surface area (Å²) in [6.45, 7) is 3.84. The third kappa shape index (κ3) is 2.25. The molecule has 2 N–H and O–H groups in total. The maximum absolute atomic E-state index is 11.9. The molecule has 2 amide bonds. The fourth-order valence-electron chi connectivity index (χ4n) is 1.87. The van der Waals surface area contributed by atoms with Crippen LogP contribution in [0.3, 0.4) is 0 Å². The molecule has 1 aliphatic heterocycles. The van der Waals surface area contributed by atoms with E-state index in [2.05, 4.69) is 5.10 Å². The van der Waals surface area contributed by atoms with E-state index >= 15 is 0 Å². The Hall–Kier alpha value is -2.17. The molecule has 0 atom stereocenters. The van der Waals surface area contributed by atoms with E-state index in [0.717, 1.165) is 11.1 Å². The van der Waals surface area contributed by atoms with Crippen LogP contribution in [0.5, 0.6) is 0 Å². The van der Waals surface area contributed by atoms with Gasteiger partial charge < -0.3 is 5.73 Å². The van der Waals surface area contributed by atoms with Crippen LogP contribution in [0.25, 0.3) is 0 Å². The molecule has 0 bridgehead atoms. The van der Waals surface area contributed by atoms with Gasteiger partial charge in [-0.3, -0.25) is 9.59 Å². The molecule has 0 aliphatic carbocycles. The van der Waals surface area contributed by atoms with Crippen LogP contribution < -0.4 is 10.7 Å². The maximum Gasteiger partial charge on any atom is 0.264 e. The van der Waals surface area contributed by atoms with Crippen molar-refractivity contribution in [2.75, 3.05) is 5.01 Å². The van der Waals surface area contributed by atoms with Gasteiger partial charge in [0.15, 0.2) is 0 Å². The number of nitrogens with zero attached hydrogens (tertiary/aromatic N) is 2. The van der Waals surface area contributed by atoms with Crippen LogP contribution >= 0.6 is 0 Å². The van der Waals surface area contributed by atoms with Crippen LogP contribution in [0.15, 0.2) is 23.3 Å². The van der Waals surface area contributed by atoms with Crippen molar-refractivity contribution in [3.63, 3.8) is 0 Å². The Labute approximate surface area is 105 Å². The van der Waals surface area contributed by atoms with Crippen molar-refractivity contribution in [1.29, 1.82) is 0 Å². The van der Waals surface area contributed by atoms with Crippen molar-refractivity contribution in [2.45, 2.75) is 26.7 Å². The van der Waals surface area contributed by atoms with Crippen LogP contribution in [0.2, 0.25) is 0 Å². The number of benzene rings is 1. The first-order chi connectivity index (χ1) is 8.49. The summed E-state index contributed by atoms with van der Waals surface area (Å²) in [6, 6.07) is 5.76. The highest BCUT2D eigenvalue weighted by molar-refractivity contribution is 6.39. The summed E-state index contributed by atoms with van der Waals surface area (Å²) >= 11 is 0. The minimum absolute atomic E-state index is 0.117. The molecular formula is C13H15N3O2. The number of hydrogen-bond donors (Lipinski definition) is 1. The quantitative estimate of drug-likeness (QED) is 0.851. The lowest BCUT2D eigenvalue weighted by molar-refractivity contribution is -0.118. The summed E-state index contributed by atoms with van der Waals surface area (Å²) in [6.07, 6.45) is 0.574. The first-order valence-corrected chi connectivity index (χ1v) is 5.76. The van der Waals surface area contributed by atoms with Crippen LogP contribution in [0, 0.1) is 13.8 Å². The first kappa shape index (κ1) is 12.3. The highest BCUT2D eigenvalue weighted by Gasteiger charge is 2.25. The monoisotopic (exact) mass is 245 g/mol. The summed E-state index contributed by atoms with van der Waals surface area (Å²) in [7, 11) is 0. The number of hydrogen-bond acceptors (Lipinski definition) is 3. The van der Waals surface area contributed by atoms with Gasteiger partial charge in [-0.15, -0.1) is 0 Å². The molecular weight excluding hydrogens is 230 g/mol. The van der Waals surface area contributed by atoms with Gasteiger partial charge in [-0.2, -0.15) is 5.10 Å². The van der Waals surface area contributed by atoms with Crippen molar-refractivity contribution >= 4 is 23.2 Å². The Balaban J connectivity index is 2.47. The van der Waals surface area contributed by atoms with Gasteiger partial charge in [-0.25, -0.2) is 5.01 Å². The van der Waals surface area contributed by atoms with Gasteiger partial charge in [-0.05, 0) is 31.0 Å². The molecule has 0 spiro atoms. The number of carbonyl (C=O) groups excluding carboxylic acids is 2. The standard InChI is InChI=1S/C13H15N3O2/c1-8-3-4-9(2)11(7-8)16-12(17)6-5-10(15-16)13(14)18/h3-4,7H,5-6H2,1-2H3,(H2,14,18). The second kappa shape index (κ2) is 4.60. The molecule has 0 unspecified atom stereocenters. The summed E-state index contributed by atoms with van der Waals surface area (Å²) < 4.78 is 0. The molecule has 94 valence electrons. The average Bonchev–Trinajstić information content (AvgIpc) is 2.33. The van der Waals surface area contributed by atoms with Gasteiger partial charge in [0.05, 0.1) is 5.69 Å². The smallest absolute Gasteiger partial charge is 0.264 e. The van der Waals surface area contributed by atoms with Crippen LogP contribution in [-0.2, 0) is 9.59 Å². The van der Waals surface area contributed by atoms with Crippen LogP contribution in [-0.4, -0.2) is 17.5 Å². The van der Waals surface area contributed by atoms with Crippen molar-refractivity contribution in [3.05, 3.63) is 29.3 Å². The Kier molecular flexibility index (Phi) is 3.14. The molecule has 1 heterocycles. The molecule has 2 rings (SSSR count). The first-order valence-electron chi connectivity index (χ1n) is 5.76. The number of anilines is 1. The van der Waals surface area contributed by atoms with E-state index in [1.807, 2.05) is 32.0 Å². The van der Waals surface area contributed by atoms with Gasteiger partial charge in [0, 0.05) is 12.8 Å². The van der Waals surface area contributed by atoms with E-state index in [4.69, 9.17) is 5.73 Å². The summed E-state index contributed by atoms with van der Waals surface area (Å²) in [5, 5.41) is 5.34. The van der Waals surface area contributed by atoms with E-state index in [-0.39, 0.29) is 18.0 Å². The van der Waals surface area contributed by atoms with Gasteiger partial charge in [0.25, 0.3) is 5.91 Å². The van der Waals surface area contributed by atoms with Crippen molar-refractivity contribution in [2.24, 2.45) is 10.8 Å². The number of amides is 2. The lowest BCUT2D eigenvalue weighted by Gasteiger charge is -2.24. The molecule has 1 aromatic rings. The molecule has 0 saturated heterocycles. The van der Waals surface area contributed by atoms with E-state index in [0.29, 0.717) is 12.1 Å². The van der Waals surface area contributed by atoms with Crippen LogP contribution in [0.1, 0.15) is 24.0 Å². The summed E-state index contributed by atoms with van der Waals surface area (Å²) in [5.74, 6) is -0.688. The summed E-state index contributed by atoms with van der Waals surface area (Å²) in [5.41, 5.74) is 8.13. The number of carbonyl (C=O) groups is 2. The molecule has 0 aromatic heterocycles. The zero-order valence-electron chi connectivity index (χ0n) is 10.4. The Bertz CT molecular complexity index is 549. The second-order valence-electron chi connectivity index (χ2n) is 4.41. The Morgan fingerprint density at radius 3 is 2.72 bits per heavy atom. The number of primary amides is 1. The molecule has 0 radical (unpaired) electrons. The SMILES string of the molecule is Cc1ccc(C)c(N2N=C(C(N)=O)CCC2=O)c1. The highest BCUT2D eigenvalue weighted by Crippen LogP contribution is 2.25. The maximum atomic E-state index is 11.9. The average molecular weight is 245 g/mol. The third-order valence-electron chi connectivity index (χ3n) is 2.91. The fourth-order valence-corrected chi connectivity index (χ4v) is 1.87. The van der Waals surface area contributed by atoms with Crippen molar-refractivity contribution in [3.8, 4) is 0 Å². The van der Waals surface area contributed by atoms with Crippen molar-refractivity contribution in [1.82, 2.24) is 0 Å². The zero-order chi connectivity index (χ0) is 13.3. The summed E-state index contributed by atoms with van der Waals surface area (Å²) in [4.78, 5) is 23.0. The zero-order valence-corrected chi connectivity index (χ0v) is 10.4. The number of aryl methyl sites for hydroxylation is 2. The largest absolute Gasteiger partial charge is 0.364 e. The van der Waals surface area contributed by atoms with E-state index in [9.17, 15) is 9.59 Å². The molecule has 1 aromatic carbocycles. The molecule has 0 fully saturated rings. The highest BCUT2D eigenvalue weighted by atomic mass is 16.2. The number of rotatable bonds is 2. The number of hydrazone groups is 1. The van der Waals surface area contributed by atoms with E-state index in [1.165, 1.54) is 5.01 Å². The van der Waals surface area contributed by atoms with Gasteiger partial charge in [-0.1, -0.05) is 12.1 Å². The molecule has 5 nitrogen and oxygen atoms in total. The second-order valence-corrected chi connectivity index (χ2v) is 4.41. The van der Waals surface area contributed by atoms with Crippen LogP contribution in [0.4, 0.5) is 5.69 Å². The topological polar surface area (TPSA) is 75.8 Å². The molecule has 1 aliphatic rings. The predicted molar refractivity (Wildman–Crippen MR) is 69.3 cm³/mol. The molecule has 0 saturated carbocycles. The fraction of sp³-hybridized carbons (Fsp3) is 0.308. The third-order valence-corrected chi connectivity index (χ3v) is 2.91. The lowest BCUT2D eigenvalue weighted by Crippen LogP contribution is -2.37. The Morgan fingerprint density at radius 2 is 2.06 bits per heavy atom. The van der Waals surface area contributed by atoms with Gasteiger partial charge in [0.1, 0.15) is 5.71 Å². The minimum atomic E-state index is -0.571. The Morgan fingerprint density at radius 1 is 1.33 bits per heavy atom. The van der Waals surface area contributed by atoms with E-state index in [1.54, 1.807) is 0 Å². The molecule has 5 heteroatoms. The predicted octanol–water partition coefficient (Wildman–Crippen LogP) is 1.27. The lowest BCUT2D eigenvalue weighted by atomic mass is 10.1. The number of nitrogens with two attached hydrogens (primary N) is 1. The minimum Gasteiger partial charge on any atom is -0.364 e. The molecule has 18 heavy (non-hydrogen) atoms.